The van der Waals surface area contributed by atoms with Crippen LogP contribution in [0.3, 0.4) is 0 Å². The molecule has 2 aliphatic rings. The fourth-order valence-electron chi connectivity index (χ4n) is 4.02. The second-order valence-electron chi connectivity index (χ2n) is 7.77. The molecule has 0 bridgehead atoms. The SMILES string of the molecule is NC(=O)N1CCn2nc(-c3cccc(F)c3)c(C(=O)NC3CCC(F)(F)CC3)c2C1. The summed E-state index contributed by atoms with van der Waals surface area (Å²) in [7, 11) is 0. The lowest BCUT2D eigenvalue weighted by Crippen LogP contribution is -2.43. The summed E-state index contributed by atoms with van der Waals surface area (Å²) in [5, 5.41) is 7.31. The van der Waals surface area contributed by atoms with Crippen LogP contribution in [-0.4, -0.2) is 45.1 Å². The van der Waals surface area contributed by atoms with Crippen LogP contribution in [0.15, 0.2) is 24.3 Å². The van der Waals surface area contributed by atoms with E-state index >= 15 is 0 Å². The number of aromatic nitrogens is 2. The van der Waals surface area contributed by atoms with Gasteiger partial charge in [-0.1, -0.05) is 12.1 Å². The molecule has 0 atom stereocenters. The van der Waals surface area contributed by atoms with Crippen LogP contribution in [0.25, 0.3) is 11.3 Å². The molecule has 1 saturated carbocycles. The second-order valence-corrected chi connectivity index (χ2v) is 7.77. The van der Waals surface area contributed by atoms with Crippen molar-refractivity contribution in [3.05, 3.63) is 41.3 Å². The Morgan fingerprint density at radius 2 is 1.93 bits per heavy atom. The van der Waals surface area contributed by atoms with Gasteiger partial charge in [-0.3, -0.25) is 9.48 Å². The smallest absolute Gasteiger partial charge is 0.315 e. The van der Waals surface area contributed by atoms with Gasteiger partial charge in [0.2, 0.25) is 5.92 Å². The Morgan fingerprint density at radius 3 is 2.60 bits per heavy atom. The number of hydrogen-bond acceptors (Lipinski definition) is 3. The lowest BCUT2D eigenvalue weighted by Gasteiger charge is -2.29. The van der Waals surface area contributed by atoms with E-state index in [1.165, 1.54) is 23.1 Å². The number of rotatable bonds is 3. The summed E-state index contributed by atoms with van der Waals surface area (Å²) in [6.45, 7) is 0.762. The summed E-state index contributed by atoms with van der Waals surface area (Å²) in [5.74, 6) is -3.65. The number of nitrogens with two attached hydrogens (primary N) is 1. The zero-order valence-electron chi connectivity index (χ0n) is 16.2. The minimum Gasteiger partial charge on any atom is -0.351 e. The highest BCUT2D eigenvalue weighted by atomic mass is 19.3. The number of carbonyl (C=O) groups is 2. The maximum atomic E-state index is 13.8. The molecule has 0 radical (unpaired) electrons. The van der Waals surface area contributed by atoms with Crippen molar-refractivity contribution in [1.82, 2.24) is 20.0 Å². The summed E-state index contributed by atoms with van der Waals surface area (Å²) in [5.41, 5.74) is 6.80. The minimum absolute atomic E-state index is 0.0864. The molecule has 3 N–H and O–H groups in total. The molecule has 10 heteroatoms. The first-order valence-electron chi connectivity index (χ1n) is 9.82. The molecule has 0 unspecified atom stereocenters. The Hall–Kier alpha value is -3.04. The highest BCUT2D eigenvalue weighted by molar-refractivity contribution is 6.01. The number of alkyl halides is 2. The number of nitrogens with one attached hydrogen (secondary N) is 1. The van der Waals surface area contributed by atoms with Gasteiger partial charge >= 0.3 is 6.03 Å². The molecule has 2 heterocycles. The first-order chi connectivity index (χ1) is 14.2. The van der Waals surface area contributed by atoms with Crippen molar-refractivity contribution >= 4 is 11.9 Å². The number of nitrogens with zero attached hydrogens (tertiary/aromatic N) is 3. The van der Waals surface area contributed by atoms with Crippen LogP contribution in [0, 0.1) is 5.82 Å². The predicted molar refractivity (Wildman–Crippen MR) is 102 cm³/mol. The van der Waals surface area contributed by atoms with E-state index < -0.39 is 23.7 Å². The van der Waals surface area contributed by atoms with Gasteiger partial charge in [-0.05, 0) is 25.0 Å². The number of primary amides is 1. The third-order valence-corrected chi connectivity index (χ3v) is 5.67. The second kappa shape index (κ2) is 7.66. The summed E-state index contributed by atoms with van der Waals surface area (Å²) in [4.78, 5) is 26.2. The average Bonchev–Trinajstić information content (AvgIpc) is 3.08. The van der Waals surface area contributed by atoms with E-state index in [2.05, 4.69) is 10.4 Å². The first kappa shape index (κ1) is 20.2. The summed E-state index contributed by atoms with van der Waals surface area (Å²) < 4.78 is 42.3. The number of hydrogen-bond donors (Lipinski definition) is 2. The summed E-state index contributed by atoms with van der Waals surface area (Å²) >= 11 is 0. The van der Waals surface area contributed by atoms with Crippen molar-refractivity contribution in [2.45, 2.75) is 50.7 Å². The number of halogens is 3. The molecule has 0 spiro atoms. The highest BCUT2D eigenvalue weighted by Crippen LogP contribution is 2.34. The lowest BCUT2D eigenvalue weighted by molar-refractivity contribution is -0.0399. The van der Waals surface area contributed by atoms with Gasteiger partial charge in [-0.2, -0.15) is 5.10 Å². The van der Waals surface area contributed by atoms with Gasteiger partial charge in [-0.15, -0.1) is 0 Å². The number of benzene rings is 1. The lowest BCUT2D eigenvalue weighted by atomic mass is 9.92. The van der Waals surface area contributed by atoms with Crippen LogP contribution in [0.4, 0.5) is 18.0 Å². The van der Waals surface area contributed by atoms with E-state index in [0.717, 1.165) is 0 Å². The molecule has 3 amide bonds. The number of carbonyl (C=O) groups excluding carboxylic acids is 2. The van der Waals surface area contributed by atoms with Crippen LogP contribution in [0.5, 0.6) is 0 Å². The van der Waals surface area contributed by atoms with E-state index in [-0.39, 0.29) is 49.5 Å². The number of amides is 3. The quantitative estimate of drug-likeness (QED) is 0.798. The molecule has 30 heavy (non-hydrogen) atoms. The maximum Gasteiger partial charge on any atom is 0.315 e. The molecule has 1 aliphatic carbocycles. The molecule has 1 fully saturated rings. The normalized spacial score (nSPS) is 18.7. The molecule has 160 valence electrons. The molecular formula is C20H22F3N5O2. The van der Waals surface area contributed by atoms with Gasteiger partial charge < -0.3 is 16.0 Å². The Morgan fingerprint density at radius 1 is 1.20 bits per heavy atom. The minimum atomic E-state index is -2.70. The van der Waals surface area contributed by atoms with Crippen molar-refractivity contribution in [2.24, 2.45) is 5.73 Å². The average molecular weight is 421 g/mol. The molecule has 1 aliphatic heterocycles. The van der Waals surface area contributed by atoms with Crippen LogP contribution in [0.1, 0.15) is 41.7 Å². The zero-order valence-corrected chi connectivity index (χ0v) is 16.2. The number of fused-ring (bicyclic) bond motifs is 1. The maximum absolute atomic E-state index is 13.8. The molecule has 0 saturated heterocycles. The van der Waals surface area contributed by atoms with Gasteiger partial charge in [0.1, 0.15) is 11.5 Å². The van der Waals surface area contributed by atoms with Gasteiger partial charge in [0.15, 0.2) is 0 Å². The van der Waals surface area contributed by atoms with Crippen LogP contribution in [-0.2, 0) is 13.1 Å². The van der Waals surface area contributed by atoms with Crippen LogP contribution in [0.2, 0.25) is 0 Å². The predicted octanol–water partition coefficient (Wildman–Crippen LogP) is 2.89. The first-order valence-corrected chi connectivity index (χ1v) is 9.82. The van der Waals surface area contributed by atoms with E-state index in [1.54, 1.807) is 10.7 Å². The molecule has 4 rings (SSSR count). The Labute approximate surface area is 171 Å². The monoisotopic (exact) mass is 421 g/mol. The van der Waals surface area contributed by atoms with Crippen molar-refractivity contribution in [2.75, 3.05) is 6.54 Å². The number of urea groups is 1. The molecule has 7 nitrogen and oxygen atoms in total. The molecule has 1 aromatic carbocycles. The van der Waals surface area contributed by atoms with Gasteiger partial charge in [0.25, 0.3) is 5.91 Å². The van der Waals surface area contributed by atoms with Crippen LogP contribution < -0.4 is 11.1 Å². The van der Waals surface area contributed by atoms with Gasteiger partial charge in [-0.25, -0.2) is 18.0 Å². The molecule has 1 aromatic heterocycles. The Balaban J connectivity index is 1.68. The fourth-order valence-corrected chi connectivity index (χ4v) is 4.02. The highest BCUT2D eigenvalue weighted by Gasteiger charge is 2.37. The molecular weight excluding hydrogens is 399 g/mol. The van der Waals surface area contributed by atoms with E-state index in [4.69, 9.17) is 5.73 Å². The van der Waals surface area contributed by atoms with E-state index in [0.29, 0.717) is 24.3 Å². The van der Waals surface area contributed by atoms with Crippen molar-refractivity contribution < 1.29 is 22.8 Å². The third kappa shape index (κ3) is 3.99. The van der Waals surface area contributed by atoms with Crippen molar-refractivity contribution in [3.63, 3.8) is 0 Å². The van der Waals surface area contributed by atoms with E-state index in [1.807, 2.05) is 0 Å². The van der Waals surface area contributed by atoms with Gasteiger partial charge in [0, 0.05) is 31.0 Å². The van der Waals surface area contributed by atoms with E-state index in [9.17, 15) is 22.8 Å². The Kier molecular flexibility index (Phi) is 5.17. The zero-order chi connectivity index (χ0) is 21.5. The summed E-state index contributed by atoms with van der Waals surface area (Å²) in [6.07, 6.45) is -0.220. The topological polar surface area (TPSA) is 93.2 Å². The van der Waals surface area contributed by atoms with Crippen LogP contribution >= 0.6 is 0 Å². The summed E-state index contributed by atoms with van der Waals surface area (Å²) in [6, 6.07) is 4.72. The van der Waals surface area contributed by atoms with Crippen molar-refractivity contribution in [1.29, 1.82) is 0 Å². The largest absolute Gasteiger partial charge is 0.351 e. The van der Waals surface area contributed by atoms with Gasteiger partial charge in [0.05, 0.1) is 24.3 Å². The standard InChI is InChI=1S/C20H22F3N5O2/c21-13-3-1-2-12(10-13)17-16(15-11-27(19(24)30)8-9-28(15)26-17)18(29)25-14-4-6-20(22,23)7-5-14/h1-3,10,14H,4-9,11H2,(H2,24,30)(H,25,29). The molecule has 2 aromatic rings. The Bertz CT molecular complexity index is 981. The fraction of sp³-hybridized carbons (Fsp3) is 0.450. The third-order valence-electron chi connectivity index (χ3n) is 5.67. The van der Waals surface area contributed by atoms with Crippen molar-refractivity contribution in [3.8, 4) is 11.3 Å².